The van der Waals surface area contributed by atoms with E-state index in [1.165, 1.54) is 11.8 Å². The van der Waals surface area contributed by atoms with Crippen LogP contribution in [0.1, 0.15) is 19.3 Å². The number of hydrogen-bond donors (Lipinski definition) is 3. The molecule has 0 bridgehead atoms. The van der Waals surface area contributed by atoms with Crippen molar-refractivity contribution in [1.29, 1.82) is 0 Å². The molecule has 0 unspecified atom stereocenters. The molecule has 0 aliphatic rings. The Morgan fingerprint density at radius 2 is 1.90 bits per heavy atom. The lowest BCUT2D eigenvalue weighted by atomic mass is 10.1. The van der Waals surface area contributed by atoms with E-state index in [1.54, 1.807) is 24.5 Å². The molecule has 1 aromatic heterocycles. The summed E-state index contributed by atoms with van der Waals surface area (Å²) in [6, 6.07) is 2.44. The zero-order valence-corrected chi connectivity index (χ0v) is 12.0. The summed E-state index contributed by atoms with van der Waals surface area (Å²) < 4.78 is 0. The van der Waals surface area contributed by atoms with Crippen LogP contribution in [0.2, 0.25) is 0 Å². The first kappa shape index (κ1) is 17.0. The molecule has 0 saturated carbocycles. The van der Waals surface area contributed by atoms with E-state index >= 15 is 0 Å². The smallest absolute Gasteiger partial charge is 0.326 e. The minimum atomic E-state index is -1.16. The standard InChI is InChI=1S/C13H16N2O5S/c16-11(8-21-9-4-6-14-7-5-9)15-10(13(19)20)2-1-3-12(17)18/h4-7,10H,1-3,8H2,(H,15,16)(H,17,18)(H,19,20)/t10-/m1/s1. The van der Waals surface area contributed by atoms with Gasteiger partial charge in [0.05, 0.1) is 5.75 Å². The van der Waals surface area contributed by atoms with Crippen molar-refractivity contribution in [3.8, 4) is 0 Å². The fraction of sp³-hybridized carbons (Fsp3) is 0.385. The Labute approximate surface area is 125 Å². The molecule has 21 heavy (non-hydrogen) atoms. The Bertz CT molecular complexity index is 495. The van der Waals surface area contributed by atoms with Gasteiger partial charge in [-0.2, -0.15) is 0 Å². The molecule has 3 N–H and O–H groups in total. The predicted molar refractivity (Wildman–Crippen MR) is 76.0 cm³/mol. The van der Waals surface area contributed by atoms with Crippen molar-refractivity contribution < 1.29 is 24.6 Å². The zero-order valence-electron chi connectivity index (χ0n) is 11.2. The minimum absolute atomic E-state index is 0.0900. The van der Waals surface area contributed by atoms with E-state index in [1.807, 2.05) is 0 Å². The van der Waals surface area contributed by atoms with Crippen LogP contribution in [0.3, 0.4) is 0 Å². The maximum absolute atomic E-state index is 11.7. The normalized spacial score (nSPS) is 11.6. The number of pyridine rings is 1. The highest BCUT2D eigenvalue weighted by Gasteiger charge is 2.19. The number of carboxylic acid groups (broad SMARTS) is 2. The van der Waals surface area contributed by atoms with Crippen molar-refractivity contribution in [2.45, 2.75) is 30.2 Å². The molecule has 7 nitrogen and oxygen atoms in total. The molecule has 1 atom stereocenters. The van der Waals surface area contributed by atoms with Gasteiger partial charge in [0.2, 0.25) is 5.91 Å². The summed E-state index contributed by atoms with van der Waals surface area (Å²) in [5.41, 5.74) is 0. The van der Waals surface area contributed by atoms with Gasteiger partial charge in [0.15, 0.2) is 0 Å². The Morgan fingerprint density at radius 1 is 1.24 bits per heavy atom. The van der Waals surface area contributed by atoms with Crippen LogP contribution in [-0.2, 0) is 14.4 Å². The van der Waals surface area contributed by atoms with Gasteiger partial charge in [0.25, 0.3) is 0 Å². The van der Waals surface area contributed by atoms with Gasteiger partial charge < -0.3 is 15.5 Å². The molecule has 0 aliphatic heterocycles. The highest BCUT2D eigenvalue weighted by atomic mass is 32.2. The lowest BCUT2D eigenvalue weighted by molar-refractivity contribution is -0.142. The molecule has 0 aliphatic carbocycles. The van der Waals surface area contributed by atoms with Gasteiger partial charge >= 0.3 is 11.9 Å². The number of hydrogen-bond acceptors (Lipinski definition) is 5. The molecule has 0 aromatic carbocycles. The number of carboxylic acids is 2. The molecule has 0 radical (unpaired) electrons. The summed E-state index contributed by atoms with van der Waals surface area (Å²) in [6.07, 6.45) is 3.38. The summed E-state index contributed by atoms with van der Waals surface area (Å²) in [7, 11) is 0. The number of carbonyl (C=O) groups excluding carboxylic acids is 1. The Morgan fingerprint density at radius 3 is 2.48 bits per heavy atom. The number of aromatic nitrogens is 1. The van der Waals surface area contributed by atoms with Crippen molar-refractivity contribution in [3.63, 3.8) is 0 Å². The van der Waals surface area contributed by atoms with Crippen LogP contribution in [0.25, 0.3) is 0 Å². The lowest BCUT2D eigenvalue weighted by Crippen LogP contribution is -2.41. The van der Waals surface area contributed by atoms with Crippen LogP contribution in [0.4, 0.5) is 0 Å². The molecule has 0 fully saturated rings. The minimum Gasteiger partial charge on any atom is -0.481 e. The van der Waals surface area contributed by atoms with E-state index in [0.717, 1.165) is 4.90 Å². The third kappa shape index (κ3) is 7.31. The molecule has 1 aromatic rings. The monoisotopic (exact) mass is 312 g/mol. The van der Waals surface area contributed by atoms with Crippen LogP contribution < -0.4 is 5.32 Å². The molecule has 8 heteroatoms. The van der Waals surface area contributed by atoms with E-state index in [2.05, 4.69) is 10.3 Å². The van der Waals surface area contributed by atoms with Crippen molar-refractivity contribution in [3.05, 3.63) is 24.5 Å². The summed E-state index contributed by atoms with van der Waals surface area (Å²) in [5, 5.41) is 19.9. The summed E-state index contributed by atoms with van der Waals surface area (Å²) >= 11 is 1.27. The fourth-order valence-corrected chi connectivity index (χ4v) is 2.23. The van der Waals surface area contributed by atoms with Gasteiger partial charge in [-0.3, -0.25) is 14.6 Å². The van der Waals surface area contributed by atoms with Crippen LogP contribution >= 0.6 is 11.8 Å². The molecular formula is C13H16N2O5S. The van der Waals surface area contributed by atoms with E-state index in [9.17, 15) is 14.4 Å². The SMILES string of the molecule is O=C(O)CCC[C@@H](NC(=O)CSc1ccncc1)C(=O)O. The third-order valence-corrected chi connectivity index (χ3v) is 3.55. The number of carbonyl (C=O) groups is 3. The molecule has 0 spiro atoms. The average molecular weight is 312 g/mol. The summed E-state index contributed by atoms with van der Waals surface area (Å²) in [4.78, 5) is 37.8. The van der Waals surface area contributed by atoms with Crippen LogP contribution in [0.15, 0.2) is 29.4 Å². The molecule has 1 rings (SSSR count). The molecule has 114 valence electrons. The fourth-order valence-electron chi connectivity index (χ4n) is 1.53. The Kier molecular flexibility index (Phi) is 7.24. The summed E-state index contributed by atoms with van der Waals surface area (Å²) in [6.45, 7) is 0. The van der Waals surface area contributed by atoms with Gasteiger partial charge in [0.1, 0.15) is 6.04 Å². The highest BCUT2D eigenvalue weighted by Crippen LogP contribution is 2.15. The molecule has 1 amide bonds. The Hall–Kier alpha value is -2.09. The maximum Gasteiger partial charge on any atom is 0.326 e. The number of aliphatic carboxylic acids is 2. The maximum atomic E-state index is 11.7. The second-order valence-corrected chi connectivity index (χ2v) is 5.26. The van der Waals surface area contributed by atoms with Crippen LogP contribution in [0, 0.1) is 0 Å². The first-order valence-corrected chi connectivity index (χ1v) is 7.24. The van der Waals surface area contributed by atoms with Crippen molar-refractivity contribution >= 4 is 29.6 Å². The number of rotatable bonds is 9. The van der Waals surface area contributed by atoms with Gasteiger partial charge in [-0.05, 0) is 25.0 Å². The number of thioether (sulfide) groups is 1. The molecular weight excluding hydrogens is 296 g/mol. The third-order valence-electron chi connectivity index (χ3n) is 2.54. The molecule has 1 heterocycles. The summed E-state index contributed by atoms with van der Waals surface area (Å²) in [5.74, 6) is -2.46. The lowest BCUT2D eigenvalue weighted by Gasteiger charge is -2.13. The predicted octanol–water partition coefficient (Wildman–Crippen LogP) is 0.998. The van der Waals surface area contributed by atoms with E-state index in [0.29, 0.717) is 0 Å². The van der Waals surface area contributed by atoms with Crippen LogP contribution in [-0.4, -0.2) is 44.8 Å². The average Bonchev–Trinajstić information content (AvgIpc) is 2.44. The quantitative estimate of drug-likeness (QED) is 0.582. The largest absolute Gasteiger partial charge is 0.481 e. The van der Waals surface area contributed by atoms with Crippen molar-refractivity contribution in [2.75, 3.05) is 5.75 Å². The Balaban J connectivity index is 2.38. The molecule has 0 saturated heterocycles. The van der Waals surface area contributed by atoms with Crippen LogP contribution in [0.5, 0.6) is 0 Å². The van der Waals surface area contributed by atoms with Gasteiger partial charge in [-0.15, -0.1) is 11.8 Å². The van der Waals surface area contributed by atoms with E-state index in [-0.39, 0.29) is 25.0 Å². The number of nitrogens with zero attached hydrogens (tertiary/aromatic N) is 1. The number of nitrogens with one attached hydrogen (secondary N) is 1. The second kappa shape index (κ2) is 8.96. The van der Waals surface area contributed by atoms with Gasteiger partial charge in [-0.1, -0.05) is 0 Å². The van der Waals surface area contributed by atoms with E-state index < -0.39 is 23.9 Å². The highest BCUT2D eigenvalue weighted by molar-refractivity contribution is 8.00. The van der Waals surface area contributed by atoms with E-state index in [4.69, 9.17) is 10.2 Å². The zero-order chi connectivity index (χ0) is 15.7. The van der Waals surface area contributed by atoms with Gasteiger partial charge in [-0.25, -0.2) is 4.79 Å². The second-order valence-electron chi connectivity index (χ2n) is 4.22. The van der Waals surface area contributed by atoms with Crippen molar-refractivity contribution in [2.24, 2.45) is 0 Å². The number of amides is 1. The van der Waals surface area contributed by atoms with Crippen molar-refractivity contribution in [1.82, 2.24) is 10.3 Å². The first-order chi connectivity index (χ1) is 9.99. The first-order valence-electron chi connectivity index (χ1n) is 6.26. The topological polar surface area (TPSA) is 117 Å². The van der Waals surface area contributed by atoms with Gasteiger partial charge in [0, 0.05) is 23.7 Å².